The van der Waals surface area contributed by atoms with Gasteiger partial charge in [0.05, 0.1) is 6.61 Å². The third-order valence-corrected chi connectivity index (χ3v) is 3.80. The zero-order valence-electron chi connectivity index (χ0n) is 10.8. The highest BCUT2D eigenvalue weighted by molar-refractivity contribution is 7.12. The van der Waals surface area contributed by atoms with Crippen LogP contribution in [-0.4, -0.2) is 17.6 Å². The van der Waals surface area contributed by atoms with Gasteiger partial charge in [0, 0.05) is 27.7 Å². The lowest BCUT2D eigenvalue weighted by molar-refractivity contribution is 0.103. The number of hydrogen-bond acceptors (Lipinski definition) is 3. The van der Waals surface area contributed by atoms with E-state index >= 15 is 0 Å². The molecule has 0 unspecified atom stereocenters. The van der Waals surface area contributed by atoms with Gasteiger partial charge in [-0.3, -0.25) is 4.79 Å². The summed E-state index contributed by atoms with van der Waals surface area (Å²) in [4.78, 5) is 12.8. The molecule has 21 heavy (non-hydrogen) atoms. The number of aliphatic hydroxyl groups is 1. The van der Waals surface area contributed by atoms with Crippen LogP contribution in [0.1, 0.15) is 21.7 Å². The third-order valence-electron chi connectivity index (χ3n) is 2.45. The fraction of sp³-hybridized carbons (Fsp3) is 0.133. The molecule has 2 aromatic rings. The number of hydrogen-bond donors (Lipinski definition) is 2. The molecule has 0 fully saturated rings. The van der Waals surface area contributed by atoms with Crippen molar-refractivity contribution in [3.63, 3.8) is 0 Å². The first-order valence-electron chi connectivity index (χ1n) is 6.05. The number of halogens is 2. The Morgan fingerprint density at radius 1 is 1.29 bits per heavy atom. The molecule has 0 aliphatic carbocycles. The number of carbonyl (C=O) groups excluding carboxylic acids is 1. The molecule has 0 spiro atoms. The van der Waals surface area contributed by atoms with E-state index in [2.05, 4.69) is 17.2 Å². The zero-order valence-corrected chi connectivity index (χ0v) is 13.1. The van der Waals surface area contributed by atoms with Crippen LogP contribution in [0, 0.1) is 11.8 Å². The van der Waals surface area contributed by atoms with Gasteiger partial charge in [-0.25, -0.2) is 0 Å². The lowest BCUT2D eigenvalue weighted by Crippen LogP contribution is -2.11. The molecule has 0 aliphatic rings. The van der Waals surface area contributed by atoms with Crippen molar-refractivity contribution >= 4 is 46.1 Å². The van der Waals surface area contributed by atoms with E-state index < -0.39 is 0 Å². The molecule has 0 atom stereocenters. The van der Waals surface area contributed by atoms with E-state index in [1.165, 1.54) is 11.3 Å². The van der Waals surface area contributed by atoms with Crippen LogP contribution in [0.5, 0.6) is 0 Å². The van der Waals surface area contributed by atoms with E-state index in [1.807, 2.05) is 0 Å². The molecule has 108 valence electrons. The van der Waals surface area contributed by atoms with Gasteiger partial charge >= 0.3 is 0 Å². The average molecular weight is 340 g/mol. The van der Waals surface area contributed by atoms with E-state index in [0.717, 1.165) is 0 Å². The van der Waals surface area contributed by atoms with Crippen molar-refractivity contribution in [2.24, 2.45) is 0 Å². The summed E-state index contributed by atoms with van der Waals surface area (Å²) < 4.78 is 0. The maximum atomic E-state index is 12.2. The predicted molar refractivity (Wildman–Crippen MR) is 87.3 cm³/mol. The fourth-order valence-electron chi connectivity index (χ4n) is 1.61. The summed E-state index contributed by atoms with van der Waals surface area (Å²) in [5, 5.41) is 14.2. The molecule has 6 heteroatoms. The number of thiophene rings is 1. The lowest BCUT2D eigenvalue weighted by Gasteiger charge is -2.05. The van der Waals surface area contributed by atoms with E-state index in [0.29, 0.717) is 32.6 Å². The minimum Gasteiger partial charge on any atom is -0.395 e. The fourth-order valence-corrected chi connectivity index (χ4v) is 2.88. The number of amides is 1. The second-order valence-corrected chi connectivity index (χ2v) is 5.84. The summed E-state index contributed by atoms with van der Waals surface area (Å²) >= 11 is 13.1. The van der Waals surface area contributed by atoms with Gasteiger partial charge in [0.2, 0.25) is 0 Å². The lowest BCUT2D eigenvalue weighted by atomic mass is 10.2. The Hall–Kier alpha value is -1.51. The van der Waals surface area contributed by atoms with Gasteiger partial charge in [-0.1, -0.05) is 35.0 Å². The minimum atomic E-state index is -0.267. The minimum absolute atomic E-state index is 0.000317. The molecule has 0 radical (unpaired) electrons. The highest BCUT2D eigenvalue weighted by Gasteiger charge is 2.12. The van der Waals surface area contributed by atoms with Crippen LogP contribution in [0.25, 0.3) is 0 Å². The molecule has 1 aromatic carbocycles. The van der Waals surface area contributed by atoms with Crippen LogP contribution in [0.15, 0.2) is 29.6 Å². The molecule has 3 nitrogen and oxygen atoms in total. The normalized spacial score (nSPS) is 9.86. The van der Waals surface area contributed by atoms with Gasteiger partial charge < -0.3 is 10.4 Å². The topological polar surface area (TPSA) is 49.3 Å². The summed E-state index contributed by atoms with van der Waals surface area (Å²) in [6, 6.07) is 6.61. The largest absolute Gasteiger partial charge is 0.395 e. The monoisotopic (exact) mass is 339 g/mol. The average Bonchev–Trinajstić information content (AvgIpc) is 2.86. The third kappa shape index (κ3) is 4.48. The van der Waals surface area contributed by atoms with Crippen molar-refractivity contribution in [2.45, 2.75) is 6.42 Å². The molecule has 0 saturated heterocycles. The summed E-state index contributed by atoms with van der Waals surface area (Å²) in [6.45, 7) is -0.000317. The molecular weight excluding hydrogens is 329 g/mol. The summed E-state index contributed by atoms with van der Waals surface area (Å²) in [5.41, 5.74) is 1.17. The van der Waals surface area contributed by atoms with Gasteiger partial charge in [-0.15, -0.1) is 11.3 Å². The van der Waals surface area contributed by atoms with Crippen LogP contribution >= 0.6 is 34.5 Å². The van der Waals surface area contributed by atoms with Crippen molar-refractivity contribution in [2.75, 3.05) is 11.9 Å². The Kier molecular flexibility index (Phi) is 5.66. The Morgan fingerprint density at radius 3 is 2.67 bits per heavy atom. The Labute approximate surface area is 136 Å². The smallest absolute Gasteiger partial charge is 0.267 e. The second kappa shape index (κ2) is 7.48. The van der Waals surface area contributed by atoms with Crippen molar-refractivity contribution in [1.82, 2.24) is 0 Å². The van der Waals surface area contributed by atoms with Crippen molar-refractivity contribution in [3.8, 4) is 11.8 Å². The Bertz CT molecular complexity index is 696. The second-order valence-electron chi connectivity index (χ2n) is 4.05. The van der Waals surface area contributed by atoms with E-state index in [4.69, 9.17) is 28.3 Å². The summed E-state index contributed by atoms with van der Waals surface area (Å²) in [6.07, 6.45) is 0.376. The van der Waals surface area contributed by atoms with Crippen LogP contribution in [0.3, 0.4) is 0 Å². The molecule has 0 bridgehead atoms. The molecular formula is C15H11Cl2NO2S. The van der Waals surface area contributed by atoms with Crippen molar-refractivity contribution in [3.05, 3.63) is 50.1 Å². The summed E-state index contributed by atoms with van der Waals surface area (Å²) in [5.74, 6) is 5.40. The first-order chi connectivity index (χ1) is 10.1. The Morgan fingerprint density at radius 2 is 2.00 bits per heavy atom. The van der Waals surface area contributed by atoms with Crippen molar-refractivity contribution in [1.29, 1.82) is 0 Å². The van der Waals surface area contributed by atoms with Gasteiger partial charge in [-0.05, 0) is 29.6 Å². The number of nitrogens with one attached hydrogen (secondary N) is 1. The predicted octanol–water partition coefficient (Wildman–Crippen LogP) is 4.04. The molecule has 0 aliphatic heterocycles. The molecule has 2 rings (SSSR count). The molecule has 1 amide bonds. The molecule has 1 heterocycles. The van der Waals surface area contributed by atoms with Gasteiger partial charge in [0.25, 0.3) is 5.91 Å². The first-order valence-corrected chi connectivity index (χ1v) is 7.68. The number of anilines is 1. The number of benzene rings is 1. The van der Waals surface area contributed by atoms with E-state index in [1.54, 1.807) is 29.6 Å². The van der Waals surface area contributed by atoms with Crippen molar-refractivity contribution < 1.29 is 9.90 Å². The standard InChI is InChI=1S/C15H11Cl2NO2S/c16-11-7-12(17)9-13(8-11)18-15(20)14-10(4-6-21-14)3-1-2-5-19/h4,6-9,19H,2,5H2,(H,18,20). The van der Waals surface area contributed by atoms with E-state index in [9.17, 15) is 4.79 Å². The maximum absolute atomic E-state index is 12.2. The van der Waals surface area contributed by atoms with Gasteiger partial charge in [0.15, 0.2) is 0 Å². The quantitative estimate of drug-likeness (QED) is 0.829. The SMILES string of the molecule is O=C(Nc1cc(Cl)cc(Cl)c1)c1sccc1C#CCCO. The number of aliphatic hydroxyl groups excluding tert-OH is 1. The number of rotatable bonds is 3. The molecule has 2 N–H and O–H groups in total. The van der Waals surface area contributed by atoms with Gasteiger partial charge in [-0.2, -0.15) is 0 Å². The highest BCUT2D eigenvalue weighted by atomic mass is 35.5. The van der Waals surface area contributed by atoms with Crippen LogP contribution in [-0.2, 0) is 0 Å². The summed E-state index contributed by atoms with van der Waals surface area (Å²) in [7, 11) is 0. The maximum Gasteiger partial charge on any atom is 0.267 e. The molecule has 0 saturated carbocycles. The van der Waals surface area contributed by atoms with E-state index in [-0.39, 0.29) is 12.5 Å². The van der Waals surface area contributed by atoms with Crippen LogP contribution < -0.4 is 5.32 Å². The number of carbonyl (C=O) groups is 1. The zero-order chi connectivity index (χ0) is 15.2. The first kappa shape index (κ1) is 15.9. The Balaban J connectivity index is 2.18. The van der Waals surface area contributed by atoms with Crippen LogP contribution in [0.4, 0.5) is 5.69 Å². The van der Waals surface area contributed by atoms with Gasteiger partial charge in [0.1, 0.15) is 4.88 Å². The van der Waals surface area contributed by atoms with Crippen LogP contribution in [0.2, 0.25) is 10.0 Å². The highest BCUT2D eigenvalue weighted by Crippen LogP contribution is 2.24. The molecule has 1 aromatic heterocycles.